The topological polar surface area (TPSA) is 127 Å². The highest BCUT2D eigenvalue weighted by molar-refractivity contribution is 6.42. The van der Waals surface area contributed by atoms with E-state index >= 15 is 0 Å². The molecule has 14 heteroatoms. The quantitative estimate of drug-likeness (QED) is 0.285. The van der Waals surface area contributed by atoms with Crippen LogP contribution in [0.15, 0.2) is 61.2 Å². The minimum atomic E-state index is -0.350. The van der Waals surface area contributed by atoms with Crippen LogP contribution in [0.5, 0.6) is 11.5 Å². The molecule has 1 atom stereocenters. The van der Waals surface area contributed by atoms with Crippen molar-refractivity contribution in [2.75, 3.05) is 49.6 Å². The Kier molecular flexibility index (Phi) is 9.22. The van der Waals surface area contributed by atoms with E-state index in [1.54, 1.807) is 46.4 Å². The van der Waals surface area contributed by atoms with Gasteiger partial charge in [-0.1, -0.05) is 29.3 Å². The van der Waals surface area contributed by atoms with Gasteiger partial charge in [-0.2, -0.15) is 4.98 Å². The molecule has 1 fully saturated rings. The van der Waals surface area contributed by atoms with Crippen LogP contribution in [0.25, 0.3) is 5.95 Å². The third-order valence-electron chi connectivity index (χ3n) is 7.56. The minimum absolute atomic E-state index is 0.130. The van der Waals surface area contributed by atoms with E-state index in [4.69, 9.17) is 37.7 Å². The molecular weight excluding hydrogens is 619 g/mol. The zero-order valence-corrected chi connectivity index (χ0v) is 26.1. The van der Waals surface area contributed by atoms with Crippen LogP contribution in [-0.2, 0) is 11.2 Å². The summed E-state index contributed by atoms with van der Waals surface area (Å²) in [4.78, 5) is 43.8. The number of rotatable bonds is 8. The van der Waals surface area contributed by atoms with Crippen LogP contribution in [0, 0.1) is 6.92 Å². The van der Waals surface area contributed by atoms with Crippen molar-refractivity contribution in [3.8, 4) is 17.4 Å². The first-order valence-corrected chi connectivity index (χ1v) is 15.3. The molecule has 2 N–H and O–H groups in total. The Morgan fingerprint density at radius 1 is 1.00 bits per heavy atom. The first kappa shape index (κ1) is 30.5. The lowest BCUT2D eigenvalue weighted by Gasteiger charge is -2.42. The number of carbonyl (C=O) groups is 2. The summed E-state index contributed by atoms with van der Waals surface area (Å²) in [5.41, 5.74) is 2.33. The van der Waals surface area contributed by atoms with Crippen molar-refractivity contribution in [3.05, 3.63) is 82.5 Å². The Hall–Kier alpha value is -4.55. The number of imidazole rings is 1. The maximum atomic E-state index is 13.3. The Morgan fingerprint density at radius 3 is 2.64 bits per heavy atom. The number of ether oxygens (including phenoxy) is 2. The van der Waals surface area contributed by atoms with Gasteiger partial charge in [0.25, 0.3) is 0 Å². The van der Waals surface area contributed by atoms with Crippen molar-refractivity contribution in [3.63, 3.8) is 0 Å². The van der Waals surface area contributed by atoms with Gasteiger partial charge in [-0.25, -0.2) is 14.8 Å². The van der Waals surface area contributed by atoms with Gasteiger partial charge in [0.1, 0.15) is 25.4 Å². The molecule has 0 aliphatic carbocycles. The Morgan fingerprint density at radius 2 is 1.84 bits per heavy atom. The summed E-state index contributed by atoms with van der Waals surface area (Å²) in [6, 6.07) is 12.0. The van der Waals surface area contributed by atoms with Crippen LogP contribution in [0.1, 0.15) is 17.7 Å². The highest BCUT2D eigenvalue weighted by atomic mass is 35.5. The zero-order valence-electron chi connectivity index (χ0n) is 24.6. The van der Waals surface area contributed by atoms with E-state index in [0.29, 0.717) is 73.3 Å². The summed E-state index contributed by atoms with van der Waals surface area (Å²) in [7, 11) is 0. The van der Waals surface area contributed by atoms with Gasteiger partial charge in [-0.3, -0.25) is 9.36 Å². The number of amides is 3. The number of carbonyl (C=O) groups excluding carboxylic acids is 2. The number of nitrogens with zero attached hydrogens (tertiary/aromatic N) is 6. The second-order valence-electron chi connectivity index (χ2n) is 10.8. The average Bonchev–Trinajstić information content (AvgIpc) is 3.58. The lowest BCUT2D eigenvalue weighted by molar-refractivity contribution is -0.121. The van der Waals surface area contributed by atoms with Crippen molar-refractivity contribution < 1.29 is 19.1 Å². The third kappa shape index (κ3) is 7.40. The standard InChI is InChI=1S/C31H32Cl2N8O4/c1-20-14-28(38-30(36-20)40-9-8-34-19-40)41-11-10-39(31(43)37-22-3-4-24(32)25(33)16-22)18-23(41)17-29(42)35-7-6-21-2-5-26-27(15-21)45-13-12-44-26/h2-5,8-9,14-16,19,23H,6-7,10-13,17-18H2,1H3,(H,35,42)(H,37,43). The molecule has 6 rings (SSSR count). The number of piperazine rings is 1. The maximum absolute atomic E-state index is 13.3. The number of aryl methyl sites for hydroxylation is 1. The molecular formula is C31H32Cl2N8O4. The van der Waals surface area contributed by atoms with Gasteiger partial charge < -0.3 is 29.9 Å². The van der Waals surface area contributed by atoms with Crippen LogP contribution in [-0.4, -0.2) is 81.8 Å². The van der Waals surface area contributed by atoms with E-state index in [1.807, 2.05) is 31.2 Å². The second-order valence-corrected chi connectivity index (χ2v) is 11.6. The molecule has 4 heterocycles. The Balaban J connectivity index is 1.16. The summed E-state index contributed by atoms with van der Waals surface area (Å²) in [6.45, 7) is 4.57. The molecule has 0 radical (unpaired) electrons. The number of anilines is 2. The summed E-state index contributed by atoms with van der Waals surface area (Å²) in [6.07, 6.45) is 5.86. The second kappa shape index (κ2) is 13.6. The molecule has 1 unspecified atom stereocenters. The van der Waals surface area contributed by atoms with Gasteiger partial charge in [0.05, 0.1) is 16.1 Å². The number of nitrogens with one attached hydrogen (secondary N) is 2. The Bertz CT molecular complexity index is 1690. The highest BCUT2D eigenvalue weighted by Crippen LogP contribution is 2.31. The zero-order chi connectivity index (χ0) is 31.3. The van der Waals surface area contributed by atoms with Crippen LogP contribution in [0.4, 0.5) is 16.3 Å². The fraction of sp³-hybridized carbons (Fsp3) is 0.323. The third-order valence-corrected chi connectivity index (χ3v) is 8.30. The molecule has 2 aromatic heterocycles. The molecule has 2 aromatic carbocycles. The van der Waals surface area contributed by atoms with Gasteiger partial charge >= 0.3 is 6.03 Å². The average molecular weight is 652 g/mol. The summed E-state index contributed by atoms with van der Waals surface area (Å²) < 4.78 is 13.0. The van der Waals surface area contributed by atoms with Crippen LogP contribution < -0.4 is 25.0 Å². The molecule has 0 bridgehead atoms. The predicted molar refractivity (Wildman–Crippen MR) is 171 cm³/mol. The van der Waals surface area contributed by atoms with E-state index in [9.17, 15) is 9.59 Å². The van der Waals surface area contributed by atoms with E-state index in [-0.39, 0.29) is 24.4 Å². The molecule has 3 amide bonds. The van der Waals surface area contributed by atoms with Crippen molar-refractivity contribution >= 4 is 46.6 Å². The van der Waals surface area contributed by atoms with E-state index in [2.05, 4.69) is 25.5 Å². The Labute approximate surface area is 270 Å². The number of fused-ring (bicyclic) bond motifs is 1. The van der Waals surface area contributed by atoms with Gasteiger partial charge in [0, 0.05) is 62.4 Å². The van der Waals surface area contributed by atoms with Gasteiger partial charge in [0.15, 0.2) is 11.5 Å². The number of hydrogen-bond acceptors (Lipinski definition) is 8. The summed E-state index contributed by atoms with van der Waals surface area (Å²) in [5, 5.41) is 6.68. The van der Waals surface area contributed by atoms with Crippen LogP contribution >= 0.6 is 23.2 Å². The van der Waals surface area contributed by atoms with Crippen molar-refractivity contribution in [1.82, 2.24) is 29.7 Å². The van der Waals surface area contributed by atoms with Crippen molar-refractivity contribution in [2.45, 2.75) is 25.8 Å². The number of aromatic nitrogens is 4. The molecule has 0 spiro atoms. The van der Waals surface area contributed by atoms with Crippen molar-refractivity contribution in [1.29, 1.82) is 0 Å². The SMILES string of the molecule is Cc1cc(N2CCN(C(=O)Nc3ccc(Cl)c(Cl)c3)CC2CC(=O)NCCc2ccc3c(c2)OCCO3)nc(-n2ccnc2)n1. The first-order chi connectivity index (χ1) is 21.8. The van der Waals surface area contributed by atoms with Crippen LogP contribution in [0.3, 0.4) is 0 Å². The predicted octanol–water partition coefficient (Wildman–Crippen LogP) is 4.52. The molecule has 12 nitrogen and oxygen atoms in total. The highest BCUT2D eigenvalue weighted by Gasteiger charge is 2.32. The van der Waals surface area contributed by atoms with E-state index in [1.165, 1.54) is 0 Å². The number of urea groups is 1. The van der Waals surface area contributed by atoms with Crippen LogP contribution in [0.2, 0.25) is 10.0 Å². The summed E-state index contributed by atoms with van der Waals surface area (Å²) in [5.74, 6) is 2.47. The van der Waals surface area contributed by atoms with Crippen molar-refractivity contribution in [2.24, 2.45) is 0 Å². The number of benzene rings is 2. The maximum Gasteiger partial charge on any atom is 0.321 e. The normalized spacial score (nSPS) is 15.9. The largest absolute Gasteiger partial charge is 0.486 e. The van der Waals surface area contributed by atoms with Gasteiger partial charge in [0.2, 0.25) is 11.9 Å². The smallest absolute Gasteiger partial charge is 0.321 e. The van der Waals surface area contributed by atoms with E-state index in [0.717, 1.165) is 22.8 Å². The summed E-state index contributed by atoms with van der Waals surface area (Å²) >= 11 is 12.2. The van der Waals surface area contributed by atoms with Gasteiger partial charge in [-0.05, 0) is 49.2 Å². The minimum Gasteiger partial charge on any atom is -0.486 e. The molecule has 45 heavy (non-hydrogen) atoms. The molecule has 234 valence electrons. The lowest BCUT2D eigenvalue weighted by atomic mass is 10.1. The molecule has 1 saturated heterocycles. The van der Waals surface area contributed by atoms with Gasteiger partial charge in [-0.15, -0.1) is 0 Å². The number of hydrogen-bond donors (Lipinski definition) is 2. The molecule has 2 aliphatic rings. The fourth-order valence-electron chi connectivity index (χ4n) is 5.34. The fourth-order valence-corrected chi connectivity index (χ4v) is 5.64. The monoisotopic (exact) mass is 650 g/mol. The lowest BCUT2D eigenvalue weighted by Crippen LogP contribution is -2.57. The molecule has 0 saturated carbocycles. The van der Waals surface area contributed by atoms with E-state index < -0.39 is 0 Å². The molecule has 2 aliphatic heterocycles. The molecule has 4 aromatic rings. The number of halogens is 2. The first-order valence-electron chi connectivity index (χ1n) is 14.6.